The molecule has 0 saturated carbocycles. The Morgan fingerprint density at radius 3 is 1.31 bits per heavy atom. The van der Waals surface area contributed by atoms with E-state index < -0.39 is 0 Å². The Hall–Kier alpha value is -0.120. The normalized spacial score (nSPS) is 13.9. The quantitative estimate of drug-likeness (QED) is 0.727. The summed E-state index contributed by atoms with van der Waals surface area (Å²) in [5.41, 5.74) is 0.359. The van der Waals surface area contributed by atoms with Crippen molar-refractivity contribution in [2.45, 2.75) is 48.0 Å². The van der Waals surface area contributed by atoms with E-state index in [1.54, 1.807) is 0 Å². The van der Waals surface area contributed by atoms with Crippen LogP contribution < -0.4 is 4.90 Å². The Balaban J connectivity index is 4.09. The van der Waals surface area contributed by atoms with Gasteiger partial charge in [-0.3, -0.25) is 4.90 Å². The van der Waals surface area contributed by atoms with E-state index >= 15 is 0 Å². The van der Waals surface area contributed by atoms with Gasteiger partial charge in [-0.05, 0) is 10.8 Å². The first-order chi connectivity index (χ1) is 7.01. The fourth-order valence-electron chi connectivity index (χ4n) is 1.03. The van der Waals surface area contributed by atoms with E-state index in [9.17, 15) is 0 Å². The number of rotatable bonds is 5. The lowest BCUT2D eigenvalue weighted by atomic mass is 9.98. The van der Waals surface area contributed by atoms with Crippen LogP contribution in [0.2, 0.25) is 0 Å². The van der Waals surface area contributed by atoms with Gasteiger partial charge in [0.05, 0.1) is 27.3 Å². The third-order valence-corrected chi connectivity index (χ3v) is 1.81. The van der Waals surface area contributed by atoms with Gasteiger partial charge >= 0.3 is 6.41 Å². The van der Waals surface area contributed by atoms with Crippen LogP contribution in [0.4, 0.5) is 0 Å². The van der Waals surface area contributed by atoms with Crippen LogP contribution in [0.25, 0.3) is 0 Å². The molecule has 0 fully saturated rings. The van der Waals surface area contributed by atoms with Gasteiger partial charge < -0.3 is 9.47 Å². The van der Waals surface area contributed by atoms with Gasteiger partial charge in [-0.2, -0.15) is 0 Å². The molecule has 16 heavy (non-hydrogen) atoms. The molecule has 0 bridgehead atoms. The molecule has 3 heteroatoms. The third-order valence-electron chi connectivity index (χ3n) is 1.81. The van der Waals surface area contributed by atoms with Crippen molar-refractivity contribution < 1.29 is 14.4 Å². The molecule has 0 aliphatic carbocycles. The molecule has 0 rings (SSSR count). The summed E-state index contributed by atoms with van der Waals surface area (Å²) in [6.07, 6.45) is -0.168. The van der Waals surface area contributed by atoms with Crippen LogP contribution in [0.5, 0.6) is 0 Å². The maximum atomic E-state index is 5.80. The predicted octanol–water partition coefficient (Wildman–Crippen LogP) is 1.54. The van der Waals surface area contributed by atoms with Gasteiger partial charge in [0.25, 0.3) is 0 Å². The van der Waals surface area contributed by atoms with E-state index in [1.807, 2.05) is 0 Å². The van der Waals surface area contributed by atoms with E-state index in [-0.39, 0.29) is 17.2 Å². The molecule has 0 heterocycles. The highest BCUT2D eigenvalue weighted by Crippen LogP contribution is 2.16. The topological polar surface area (TPSA) is 22.9 Å². The van der Waals surface area contributed by atoms with Crippen LogP contribution in [0.3, 0.4) is 0 Å². The molecule has 0 aromatic rings. The molecule has 0 unspecified atom stereocenters. The summed E-state index contributed by atoms with van der Waals surface area (Å²) >= 11 is 0. The Morgan fingerprint density at radius 2 is 1.12 bits per heavy atom. The highest BCUT2D eigenvalue weighted by molar-refractivity contribution is 4.60. The number of ether oxygens (including phenoxy) is 2. The molecule has 98 valence electrons. The maximum absolute atomic E-state index is 5.80. The first kappa shape index (κ1) is 15.9. The van der Waals surface area contributed by atoms with Crippen LogP contribution in [0.15, 0.2) is 0 Å². The van der Waals surface area contributed by atoms with Crippen LogP contribution in [0.1, 0.15) is 41.5 Å². The second-order valence-corrected chi connectivity index (χ2v) is 7.15. The van der Waals surface area contributed by atoms with Gasteiger partial charge in [-0.15, -0.1) is 0 Å². The number of quaternary nitrogens is 1. The lowest BCUT2D eigenvalue weighted by Crippen LogP contribution is -3.11. The largest absolute Gasteiger partial charge is 0.307 e. The summed E-state index contributed by atoms with van der Waals surface area (Å²) in [7, 11) is 4.10. The van der Waals surface area contributed by atoms with Gasteiger partial charge in [0, 0.05) is 0 Å². The first-order valence-electron chi connectivity index (χ1n) is 6.04. The van der Waals surface area contributed by atoms with E-state index in [2.05, 4.69) is 55.6 Å². The smallest absolute Gasteiger partial charge is 0.305 e. The van der Waals surface area contributed by atoms with Gasteiger partial charge in [0.1, 0.15) is 0 Å². The maximum Gasteiger partial charge on any atom is 0.307 e. The predicted molar refractivity (Wildman–Crippen MR) is 67.4 cm³/mol. The Morgan fingerprint density at radius 1 is 0.812 bits per heavy atom. The zero-order valence-electron chi connectivity index (χ0n) is 12.3. The third kappa shape index (κ3) is 9.13. The number of nitrogens with one attached hydrogen (secondary N) is 1. The fraction of sp³-hybridized carbons (Fsp3) is 1.00. The zero-order valence-corrected chi connectivity index (χ0v) is 12.3. The minimum absolute atomic E-state index is 0.168. The Bertz CT molecular complexity index is 171. The highest BCUT2D eigenvalue weighted by atomic mass is 16.7. The SMILES string of the molecule is C[NH+](C)C(OCC(C)(C)C)OCC(C)(C)C. The monoisotopic (exact) mass is 232 g/mol. The molecule has 0 aromatic carbocycles. The summed E-state index contributed by atoms with van der Waals surface area (Å²) in [5, 5.41) is 0. The summed E-state index contributed by atoms with van der Waals surface area (Å²) in [5.74, 6) is 0. The van der Waals surface area contributed by atoms with Crippen molar-refractivity contribution in [1.82, 2.24) is 0 Å². The molecule has 1 N–H and O–H groups in total. The van der Waals surface area contributed by atoms with Crippen molar-refractivity contribution in [2.75, 3.05) is 27.3 Å². The van der Waals surface area contributed by atoms with E-state index in [0.717, 1.165) is 0 Å². The van der Waals surface area contributed by atoms with Crippen LogP contribution in [0, 0.1) is 10.8 Å². The van der Waals surface area contributed by atoms with Gasteiger partial charge in [-0.1, -0.05) is 41.5 Å². The molecule has 0 amide bonds. The zero-order chi connectivity index (χ0) is 13.0. The molecule has 0 radical (unpaired) electrons. The average molecular weight is 232 g/mol. The molecule has 3 nitrogen and oxygen atoms in total. The standard InChI is InChI=1S/C13H29NO2/c1-12(2,3)9-15-11(14(7)8)16-10-13(4,5)6/h11H,9-10H2,1-8H3/p+1. The molecule has 0 aromatic heterocycles. The molecule has 0 atom stereocenters. The first-order valence-corrected chi connectivity index (χ1v) is 6.04. The highest BCUT2D eigenvalue weighted by Gasteiger charge is 2.23. The van der Waals surface area contributed by atoms with Crippen molar-refractivity contribution in [3.63, 3.8) is 0 Å². The van der Waals surface area contributed by atoms with Crippen molar-refractivity contribution in [2.24, 2.45) is 10.8 Å². The van der Waals surface area contributed by atoms with E-state index in [4.69, 9.17) is 9.47 Å². The molecular weight excluding hydrogens is 202 g/mol. The summed E-state index contributed by atoms with van der Waals surface area (Å²) in [4.78, 5) is 1.17. The second-order valence-electron chi connectivity index (χ2n) is 7.15. The van der Waals surface area contributed by atoms with Gasteiger partial charge in [0.2, 0.25) is 0 Å². The average Bonchev–Trinajstić information content (AvgIpc) is 1.98. The van der Waals surface area contributed by atoms with Crippen LogP contribution in [-0.2, 0) is 9.47 Å². The summed E-state index contributed by atoms with van der Waals surface area (Å²) in [6, 6.07) is 0. The Labute approximate surface area is 101 Å². The van der Waals surface area contributed by atoms with Crippen molar-refractivity contribution in [3.8, 4) is 0 Å². The molecule has 0 aliphatic rings. The minimum atomic E-state index is -0.168. The number of hydrogen-bond acceptors (Lipinski definition) is 2. The van der Waals surface area contributed by atoms with Crippen LogP contribution in [-0.4, -0.2) is 33.7 Å². The van der Waals surface area contributed by atoms with E-state index in [0.29, 0.717) is 13.2 Å². The summed E-state index contributed by atoms with van der Waals surface area (Å²) < 4.78 is 11.6. The molecule has 0 aliphatic heterocycles. The molecule has 0 saturated heterocycles. The number of hydrogen-bond donors (Lipinski definition) is 1. The van der Waals surface area contributed by atoms with Gasteiger partial charge in [-0.25, -0.2) is 0 Å². The van der Waals surface area contributed by atoms with E-state index in [1.165, 1.54) is 4.90 Å². The van der Waals surface area contributed by atoms with Crippen molar-refractivity contribution in [1.29, 1.82) is 0 Å². The lowest BCUT2D eigenvalue weighted by Gasteiger charge is -2.28. The van der Waals surface area contributed by atoms with Crippen molar-refractivity contribution >= 4 is 0 Å². The van der Waals surface area contributed by atoms with Crippen LogP contribution >= 0.6 is 0 Å². The molecular formula is C13H30NO2+. The van der Waals surface area contributed by atoms with Crippen molar-refractivity contribution in [3.05, 3.63) is 0 Å². The second kappa shape index (κ2) is 5.99. The fourth-order valence-corrected chi connectivity index (χ4v) is 1.03. The lowest BCUT2D eigenvalue weighted by molar-refractivity contribution is -0.939. The minimum Gasteiger partial charge on any atom is -0.305 e. The molecule has 0 spiro atoms. The Kier molecular flexibility index (Phi) is 5.94. The van der Waals surface area contributed by atoms with Gasteiger partial charge in [0.15, 0.2) is 0 Å². The summed E-state index contributed by atoms with van der Waals surface area (Å²) in [6.45, 7) is 14.4.